The zero-order valence-corrected chi connectivity index (χ0v) is 12.7. The molecule has 5 heteroatoms. The van der Waals surface area contributed by atoms with Crippen molar-refractivity contribution in [3.8, 4) is 0 Å². The molecule has 0 bridgehead atoms. The lowest BCUT2D eigenvalue weighted by Gasteiger charge is -2.18. The Kier molecular flexibility index (Phi) is 4.30. The number of nitrogens with two attached hydrogens (primary N) is 1. The molecule has 0 aliphatic carbocycles. The molecular weight excluding hydrogens is 272 g/mol. The van der Waals surface area contributed by atoms with Crippen LogP contribution in [0.3, 0.4) is 0 Å². The van der Waals surface area contributed by atoms with Crippen LogP contribution < -0.4 is 5.73 Å². The van der Waals surface area contributed by atoms with E-state index >= 15 is 0 Å². The summed E-state index contributed by atoms with van der Waals surface area (Å²) in [5.41, 5.74) is 7.84. The number of rotatable bonds is 5. The molecule has 0 saturated heterocycles. The van der Waals surface area contributed by atoms with Gasteiger partial charge in [0.25, 0.3) is 0 Å². The number of benzene rings is 2. The van der Waals surface area contributed by atoms with Gasteiger partial charge in [-0.3, -0.25) is 0 Å². The normalized spacial score (nSPS) is 12.2. The zero-order chi connectivity index (χ0) is 14.8. The van der Waals surface area contributed by atoms with Gasteiger partial charge in [0.15, 0.2) is 0 Å². The minimum Gasteiger partial charge on any atom is -0.398 e. The molecule has 0 spiro atoms. The molecule has 0 unspecified atom stereocenters. The Morgan fingerprint density at radius 3 is 2.35 bits per heavy atom. The molecule has 108 valence electrons. The molecule has 20 heavy (non-hydrogen) atoms. The van der Waals surface area contributed by atoms with E-state index in [9.17, 15) is 8.42 Å². The second-order valence-corrected chi connectivity index (χ2v) is 7.53. The Morgan fingerprint density at radius 1 is 1.15 bits per heavy atom. The fraction of sp³-hybridized carbons (Fsp3) is 0.333. The van der Waals surface area contributed by atoms with Gasteiger partial charge in [-0.15, -0.1) is 0 Å². The monoisotopic (exact) mass is 292 g/mol. The SMILES string of the molecule is CN(CCS(C)(=O)=O)Cc1cc2ccccc2cc1N. The summed E-state index contributed by atoms with van der Waals surface area (Å²) < 4.78 is 22.4. The molecule has 0 saturated carbocycles. The number of anilines is 1. The van der Waals surface area contributed by atoms with Crippen LogP contribution in [-0.2, 0) is 16.4 Å². The van der Waals surface area contributed by atoms with Crippen LogP contribution in [-0.4, -0.2) is 38.9 Å². The van der Waals surface area contributed by atoms with Gasteiger partial charge >= 0.3 is 0 Å². The first-order valence-corrected chi connectivity index (χ1v) is 8.54. The molecule has 2 aromatic carbocycles. The van der Waals surface area contributed by atoms with Gasteiger partial charge in [0.05, 0.1) is 5.75 Å². The molecule has 0 radical (unpaired) electrons. The van der Waals surface area contributed by atoms with Crippen molar-refractivity contribution >= 4 is 26.3 Å². The molecule has 4 nitrogen and oxygen atoms in total. The first-order chi connectivity index (χ1) is 9.35. The highest BCUT2D eigenvalue weighted by atomic mass is 32.2. The number of fused-ring (bicyclic) bond motifs is 1. The predicted octanol–water partition coefficient (Wildman–Crippen LogP) is 1.90. The second-order valence-electron chi connectivity index (χ2n) is 5.27. The van der Waals surface area contributed by atoms with Crippen LogP contribution in [0.15, 0.2) is 36.4 Å². The van der Waals surface area contributed by atoms with Gasteiger partial charge in [0, 0.05) is 25.0 Å². The van der Waals surface area contributed by atoms with E-state index in [0.29, 0.717) is 13.1 Å². The smallest absolute Gasteiger partial charge is 0.148 e. The first-order valence-electron chi connectivity index (χ1n) is 6.48. The lowest BCUT2D eigenvalue weighted by atomic mass is 10.0. The van der Waals surface area contributed by atoms with Crippen LogP contribution in [0.25, 0.3) is 10.8 Å². The summed E-state index contributed by atoms with van der Waals surface area (Å²) in [5, 5.41) is 2.26. The van der Waals surface area contributed by atoms with Crippen molar-refractivity contribution in [3.63, 3.8) is 0 Å². The summed E-state index contributed by atoms with van der Waals surface area (Å²) in [6.07, 6.45) is 1.26. The number of hydrogen-bond donors (Lipinski definition) is 1. The summed E-state index contributed by atoms with van der Waals surface area (Å²) in [5.74, 6) is 0.164. The molecule has 0 aliphatic rings. The number of hydrogen-bond acceptors (Lipinski definition) is 4. The van der Waals surface area contributed by atoms with Gasteiger partial charge in [-0.2, -0.15) is 0 Å². The maximum atomic E-state index is 11.2. The molecule has 2 N–H and O–H groups in total. The van der Waals surface area contributed by atoms with Crippen LogP contribution >= 0.6 is 0 Å². The van der Waals surface area contributed by atoms with Crippen molar-refractivity contribution in [2.45, 2.75) is 6.54 Å². The Bertz CT molecular complexity index is 711. The third kappa shape index (κ3) is 3.95. The summed E-state index contributed by atoms with van der Waals surface area (Å²) in [4.78, 5) is 1.97. The molecular formula is C15H20N2O2S. The van der Waals surface area contributed by atoms with Gasteiger partial charge in [-0.1, -0.05) is 24.3 Å². The molecule has 0 fully saturated rings. The fourth-order valence-corrected chi connectivity index (χ4v) is 2.78. The fourth-order valence-electron chi connectivity index (χ4n) is 2.13. The van der Waals surface area contributed by atoms with E-state index in [1.165, 1.54) is 6.26 Å². The predicted molar refractivity (Wildman–Crippen MR) is 84.4 cm³/mol. The van der Waals surface area contributed by atoms with Crippen molar-refractivity contribution in [2.24, 2.45) is 0 Å². The molecule has 0 heterocycles. The van der Waals surface area contributed by atoms with E-state index in [-0.39, 0.29) is 5.75 Å². The average molecular weight is 292 g/mol. The number of sulfone groups is 1. The standard InChI is InChI=1S/C15H20N2O2S/c1-17(7-8-20(2,18)19)11-14-9-12-5-3-4-6-13(12)10-15(14)16/h3-6,9-10H,7-8,11,16H2,1-2H3. The van der Waals surface area contributed by atoms with Gasteiger partial charge in [0.1, 0.15) is 9.84 Å². The second kappa shape index (κ2) is 5.81. The van der Waals surface area contributed by atoms with Crippen molar-refractivity contribution in [2.75, 3.05) is 31.3 Å². The Balaban J connectivity index is 2.14. The third-order valence-electron chi connectivity index (χ3n) is 3.29. The molecule has 2 rings (SSSR count). The van der Waals surface area contributed by atoms with Crippen molar-refractivity contribution in [1.82, 2.24) is 4.90 Å². The summed E-state index contributed by atoms with van der Waals surface area (Å²) in [6, 6.07) is 12.1. The molecule has 0 amide bonds. The average Bonchev–Trinajstić information content (AvgIpc) is 2.36. The lowest BCUT2D eigenvalue weighted by Crippen LogP contribution is -2.25. The highest BCUT2D eigenvalue weighted by molar-refractivity contribution is 7.90. The quantitative estimate of drug-likeness (QED) is 0.855. The Labute approximate surface area is 120 Å². The van der Waals surface area contributed by atoms with E-state index in [4.69, 9.17) is 5.73 Å². The molecule has 0 atom stereocenters. The Morgan fingerprint density at radius 2 is 1.75 bits per heavy atom. The largest absolute Gasteiger partial charge is 0.398 e. The van der Waals surface area contributed by atoms with Gasteiger partial charge in [-0.25, -0.2) is 8.42 Å². The molecule has 2 aromatic rings. The lowest BCUT2D eigenvalue weighted by molar-refractivity contribution is 0.347. The summed E-state index contributed by atoms with van der Waals surface area (Å²) >= 11 is 0. The summed E-state index contributed by atoms with van der Waals surface area (Å²) in [6.45, 7) is 1.15. The minimum atomic E-state index is -2.93. The minimum absolute atomic E-state index is 0.164. The Hall–Kier alpha value is -1.59. The van der Waals surface area contributed by atoms with E-state index in [0.717, 1.165) is 22.0 Å². The van der Waals surface area contributed by atoms with Crippen LogP contribution in [0.2, 0.25) is 0 Å². The van der Waals surface area contributed by atoms with Gasteiger partial charge in [-0.05, 0) is 35.5 Å². The van der Waals surface area contributed by atoms with E-state index < -0.39 is 9.84 Å². The van der Waals surface area contributed by atoms with Crippen LogP contribution in [0.1, 0.15) is 5.56 Å². The maximum Gasteiger partial charge on any atom is 0.148 e. The summed E-state index contributed by atoms with van der Waals surface area (Å²) in [7, 11) is -1.03. The van der Waals surface area contributed by atoms with Crippen LogP contribution in [0.5, 0.6) is 0 Å². The topological polar surface area (TPSA) is 63.4 Å². The van der Waals surface area contributed by atoms with Crippen molar-refractivity contribution in [3.05, 3.63) is 42.0 Å². The zero-order valence-electron chi connectivity index (χ0n) is 11.8. The first kappa shape index (κ1) is 14.8. The van der Waals surface area contributed by atoms with Gasteiger partial charge in [0.2, 0.25) is 0 Å². The molecule has 0 aliphatic heterocycles. The van der Waals surface area contributed by atoms with Crippen molar-refractivity contribution < 1.29 is 8.42 Å². The number of nitrogens with zero attached hydrogens (tertiary/aromatic N) is 1. The van der Waals surface area contributed by atoms with E-state index in [2.05, 4.69) is 12.1 Å². The highest BCUT2D eigenvalue weighted by Gasteiger charge is 2.08. The molecule has 0 aromatic heterocycles. The maximum absolute atomic E-state index is 11.2. The van der Waals surface area contributed by atoms with Crippen LogP contribution in [0, 0.1) is 0 Å². The highest BCUT2D eigenvalue weighted by Crippen LogP contribution is 2.22. The van der Waals surface area contributed by atoms with Crippen molar-refractivity contribution in [1.29, 1.82) is 0 Å². The van der Waals surface area contributed by atoms with Crippen LogP contribution in [0.4, 0.5) is 5.69 Å². The van der Waals surface area contributed by atoms with Gasteiger partial charge < -0.3 is 10.6 Å². The third-order valence-corrected chi connectivity index (χ3v) is 4.22. The van der Waals surface area contributed by atoms with E-state index in [1.807, 2.05) is 36.2 Å². The van der Waals surface area contributed by atoms with E-state index in [1.54, 1.807) is 0 Å². The number of nitrogen functional groups attached to an aromatic ring is 1.